The van der Waals surface area contributed by atoms with Crippen molar-refractivity contribution in [1.29, 1.82) is 0 Å². The molecule has 0 bridgehead atoms. The van der Waals surface area contributed by atoms with Crippen LogP contribution in [0.25, 0.3) is 61.5 Å². The molecular weight excluding hydrogens is 767 g/mol. The van der Waals surface area contributed by atoms with Gasteiger partial charge in [-0.25, -0.2) is 0 Å². The molecular formula is C43H35IrN3O-2. The molecule has 0 unspecified atom stereocenters. The molecule has 239 valence electrons. The first-order chi connectivity index (χ1) is 25.7. The molecule has 0 aliphatic heterocycles. The van der Waals surface area contributed by atoms with Crippen LogP contribution in [0, 0.1) is 26.0 Å². The fraction of sp³-hybridized carbons (Fsp3) is 0.116. The molecule has 0 fully saturated rings. The second-order valence-electron chi connectivity index (χ2n) is 11.4. The van der Waals surface area contributed by atoms with E-state index in [9.17, 15) is 0 Å². The maximum atomic E-state index is 8.35. The fourth-order valence-corrected chi connectivity index (χ4v) is 5.48. The first-order valence-corrected chi connectivity index (χ1v) is 15.2. The zero-order valence-electron chi connectivity index (χ0n) is 33.3. The van der Waals surface area contributed by atoms with E-state index in [2.05, 4.69) is 76.5 Å². The van der Waals surface area contributed by atoms with E-state index < -0.39 is 19.6 Å². The van der Waals surface area contributed by atoms with Crippen molar-refractivity contribution in [2.45, 2.75) is 33.4 Å². The molecule has 0 saturated heterocycles. The van der Waals surface area contributed by atoms with Crippen LogP contribution in [-0.2, 0) is 20.1 Å². The summed E-state index contributed by atoms with van der Waals surface area (Å²) >= 11 is 0. The Labute approximate surface area is 305 Å². The zero-order chi connectivity index (χ0) is 38.3. The number of imidazole rings is 1. The molecule has 4 nitrogen and oxygen atoms in total. The van der Waals surface area contributed by atoms with Crippen molar-refractivity contribution >= 4 is 22.0 Å². The molecule has 8 aromatic rings. The number of hydrogen-bond donors (Lipinski definition) is 0. The summed E-state index contributed by atoms with van der Waals surface area (Å²) in [5.41, 5.74) is 9.29. The van der Waals surface area contributed by atoms with Crippen molar-refractivity contribution in [3.8, 4) is 39.5 Å². The van der Waals surface area contributed by atoms with Crippen LogP contribution in [0.15, 0.2) is 138 Å². The summed E-state index contributed by atoms with van der Waals surface area (Å²) in [7, 11) is 0. The molecule has 0 atom stereocenters. The Hall–Kier alpha value is -5.09. The van der Waals surface area contributed by atoms with Crippen LogP contribution in [0.5, 0.6) is 0 Å². The fourth-order valence-electron chi connectivity index (χ4n) is 5.48. The Bertz CT molecular complexity index is 2480. The van der Waals surface area contributed by atoms with Gasteiger partial charge in [0, 0.05) is 53.4 Å². The summed E-state index contributed by atoms with van der Waals surface area (Å²) < 4.78 is 60.0. The number of nitrogens with zero attached hydrogens (tertiary/aromatic N) is 3. The van der Waals surface area contributed by atoms with E-state index >= 15 is 0 Å². The molecule has 8 rings (SSSR count). The van der Waals surface area contributed by atoms with Crippen LogP contribution in [0.4, 0.5) is 0 Å². The number of aryl methyl sites for hydroxylation is 2. The second kappa shape index (κ2) is 14.4. The first kappa shape index (κ1) is 25.0. The minimum absolute atomic E-state index is 0. The molecule has 5 aromatic carbocycles. The van der Waals surface area contributed by atoms with Crippen LogP contribution < -0.4 is 0 Å². The van der Waals surface area contributed by atoms with Crippen LogP contribution in [-0.4, -0.2) is 14.5 Å². The monoisotopic (exact) mass is 809 g/mol. The van der Waals surface area contributed by atoms with Crippen LogP contribution in [0.1, 0.15) is 46.0 Å². The normalized spacial score (nSPS) is 13.8. The Kier molecular flexibility index (Phi) is 7.47. The van der Waals surface area contributed by atoms with Gasteiger partial charge in [-0.3, -0.25) is 4.98 Å². The molecule has 0 saturated carbocycles. The molecule has 3 aromatic heterocycles. The van der Waals surface area contributed by atoms with Crippen molar-refractivity contribution in [3.05, 3.63) is 163 Å². The van der Waals surface area contributed by atoms with E-state index in [1.165, 1.54) is 35.5 Å². The molecule has 3 heterocycles. The molecule has 48 heavy (non-hydrogen) atoms. The van der Waals surface area contributed by atoms with Crippen molar-refractivity contribution in [1.82, 2.24) is 14.5 Å². The quantitative estimate of drug-likeness (QED) is 0.163. The minimum Gasteiger partial charge on any atom is -0.557 e. The summed E-state index contributed by atoms with van der Waals surface area (Å²) in [6.07, 6.45) is 4.40. The maximum absolute atomic E-state index is 8.35. The van der Waals surface area contributed by atoms with Crippen LogP contribution in [0.2, 0.25) is 0 Å². The number of hydrogen-bond acceptors (Lipinski definition) is 3. The predicted molar refractivity (Wildman–Crippen MR) is 193 cm³/mol. The largest absolute Gasteiger partial charge is 0.557 e. The zero-order valence-corrected chi connectivity index (χ0v) is 28.7. The van der Waals surface area contributed by atoms with Gasteiger partial charge in [0.15, 0.2) is 0 Å². The summed E-state index contributed by atoms with van der Waals surface area (Å²) in [6, 6.07) is 43.4. The Morgan fingerprint density at radius 2 is 1.54 bits per heavy atom. The van der Waals surface area contributed by atoms with Crippen molar-refractivity contribution in [2.75, 3.05) is 0 Å². The van der Waals surface area contributed by atoms with E-state index in [0.29, 0.717) is 16.8 Å². The molecule has 0 spiro atoms. The van der Waals surface area contributed by atoms with E-state index in [-0.39, 0.29) is 31.2 Å². The molecule has 0 amide bonds. The van der Waals surface area contributed by atoms with Gasteiger partial charge in [0.25, 0.3) is 0 Å². The standard InChI is InChI=1S/C30H23N2O.C13H12N.Ir/c1-20(2)23-14-17-25-26(19-33-29(25)18-23)30-31-27-10-6-7-11-28(27)32(30)24-15-12-22(13-16-24)21-8-4-3-5-9-21;1-10-3-6-12(7-4-10)13-8-5-11(2)9-14-13;/h3-18,20H,1-2H3;3-6,8-9H,1-2H3;/q2*-1;/i20D;1D3,2D3;. The van der Waals surface area contributed by atoms with Gasteiger partial charge in [-0.2, -0.15) is 0 Å². The maximum Gasteiger partial charge on any atom is 0.0774 e. The minimum atomic E-state index is -2.18. The van der Waals surface area contributed by atoms with Gasteiger partial charge in [-0.15, -0.1) is 41.5 Å². The van der Waals surface area contributed by atoms with Gasteiger partial charge < -0.3 is 14.0 Å². The average molecular weight is 809 g/mol. The third-order valence-corrected chi connectivity index (χ3v) is 7.96. The summed E-state index contributed by atoms with van der Waals surface area (Å²) in [5, 5.41) is 0.936. The molecule has 0 N–H and O–H groups in total. The third-order valence-electron chi connectivity index (χ3n) is 7.96. The van der Waals surface area contributed by atoms with E-state index in [4.69, 9.17) is 19.0 Å². The second-order valence-corrected chi connectivity index (χ2v) is 11.4. The van der Waals surface area contributed by atoms with Crippen LogP contribution in [0.3, 0.4) is 0 Å². The molecule has 1 radical (unpaired) electrons. The number of fused-ring (bicyclic) bond motifs is 2. The summed E-state index contributed by atoms with van der Waals surface area (Å²) in [4.78, 5) is 9.04. The van der Waals surface area contributed by atoms with E-state index in [0.717, 1.165) is 39.1 Å². The molecule has 0 aliphatic rings. The molecule has 0 aliphatic carbocycles. The number of furan rings is 1. The van der Waals surface area contributed by atoms with Crippen molar-refractivity contribution in [2.24, 2.45) is 0 Å². The first-order valence-electron chi connectivity index (χ1n) is 18.7. The smallest absolute Gasteiger partial charge is 0.0774 e. The van der Waals surface area contributed by atoms with Gasteiger partial charge in [0.05, 0.1) is 16.9 Å². The van der Waals surface area contributed by atoms with E-state index in [1.807, 2.05) is 56.3 Å². The Morgan fingerprint density at radius 1 is 0.792 bits per heavy atom. The third kappa shape index (κ3) is 6.80. The number of para-hydroxylation sites is 2. The topological polar surface area (TPSA) is 43.9 Å². The summed E-state index contributed by atoms with van der Waals surface area (Å²) in [5.74, 6) is 0.0831. The number of rotatable bonds is 5. The van der Waals surface area contributed by atoms with E-state index in [1.54, 1.807) is 12.1 Å². The van der Waals surface area contributed by atoms with Gasteiger partial charge in [0.2, 0.25) is 0 Å². The molecule has 5 heteroatoms. The van der Waals surface area contributed by atoms with Gasteiger partial charge in [-0.05, 0) is 59.4 Å². The summed E-state index contributed by atoms with van der Waals surface area (Å²) in [6.45, 7) is -0.589. The Balaban J connectivity index is 0.000000211. The SMILES string of the molecule is [2H]C(C)(C)c1ccc2c(-c3nc4ccccc4n3-c3ccc(-c4ccccc4)cc3)[c-]oc2c1.[2H]C([2H])([2H])c1c[c-]c(-c2ccc(C([2H])([2H])[2H])cn2)cc1.[Ir]. The Morgan fingerprint density at radius 3 is 2.25 bits per heavy atom. The van der Waals surface area contributed by atoms with Crippen molar-refractivity contribution < 1.29 is 34.1 Å². The van der Waals surface area contributed by atoms with Gasteiger partial charge in [0.1, 0.15) is 0 Å². The number of pyridine rings is 1. The van der Waals surface area contributed by atoms with Crippen LogP contribution >= 0.6 is 0 Å². The number of aromatic nitrogens is 3. The predicted octanol–water partition coefficient (Wildman–Crippen LogP) is 11.2. The van der Waals surface area contributed by atoms with Gasteiger partial charge >= 0.3 is 0 Å². The van der Waals surface area contributed by atoms with Crippen molar-refractivity contribution in [3.63, 3.8) is 0 Å². The number of benzene rings is 5. The van der Waals surface area contributed by atoms with Gasteiger partial charge in [-0.1, -0.05) is 116 Å². The average Bonchev–Trinajstić information content (AvgIpc) is 3.76.